The Morgan fingerprint density at radius 3 is 2.23 bits per heavy atom. The normalized spacial score (nSPS) is 12.5. The first-order valence-corrected chi connectivity index (χ1v) is 13.4. The van der Waals surface area contributed by atoms with Crippen LogP contribution in [0.4, 0.5) is 20.1 Å². The Bertz CT molecular complexity index is 1040. The number of alkyl carbamates (subject to hydrolysis) is 2. The summed E-state index contributed by atoms with van der Waals surface area (Å²) >= 11 is 6.00. The number of urea groups is 1. The minimum absolute atomic E-state index is 0.0726. The average molecular weight is 585 g/mol. The molecule has 1 aromatic rings. The number of benzene rings is 1. The standard InChI is InChI=1S/C26H41ClN6O7/c1-15(2)20(33-25(38)40-26(3,4)5)22(35)32-19(8-7-11-30-23(28)36)21(34)31-18-10-9-16(13-27)17(12-18)14-39-24(37)29-6/h9-10,12,15,19-20H,7-8,11,13-14H2,1-6H3,(H,29,37)(H,31,34)(H,32,35)(H,33,38)(H3,28,30,36)/t19-,20-/m1/s1. The lowest BCUT2D eigenvalue weighted by Gasteiger charge is -2.27. The second-order valence-electron chi connectivity index (χ2n) is 10.3. The highest BCUT2D eigenvalue weighted by atomic mass is 35.5. The van der Waals surface area contributed by atoms with Gasteiger partial charge in [0.15, 0.2) is 0 Å². The first-order chi connectivity index (χ1) is 18.7. The zero-order valence-corrected chi connectivity index (χ0v) is 24.6. The molecule has 0 fully saturated rings. The lowest BCUT2D eigenvalue weighted by molar-refractivity contribution is -0.128. The Hall–Kier alpha value is -3.74. The maximum Gasteiger partial charge on any atom is 0.408 e. The molecule has 0 saturated heterocycles. The van der Waals surface area contributed by atoms with Gasteiger partial charge in [-0.1, -0.05) is 19.9 Å². The highest BCUT2D eigenvalue weighted by Gasteiger charge is 2.30. The largest absolute Gasteiger partial charge is 0.445 e. The number of primary amides is 1. The van der Waals surface area contributed by atoms with Gasteiger partial charge in [-0.2, -0.15) is 0 Å². The van der Waals surface area contributed by atoms with Crippen LogP contribution in [-0.4, -0.2) is 61.3 Å². The summed E-state index contributed by atoms with van der Waals surface area (Å²) < 4.78 is 10.4. The predicted octanol–water partition coefficient (Wildman–Crippen LogP) is 2.70. The van der Waals surface area contributed by atoms with Crippen LogP contribution in [0.2, 0.25) is 0 Å². The van der Waals surface area contributed by atoms with Crippen molar-refractivity contribution in [2.75, 3.05) is 18.9 Å². The van der Waals surface area contributed by atoms with Gasteiger partial charge in [-0.25, -0.2) is 14.4 Å². The van der Waals surface area contributed by atoms with Crippen molar-refractivity contribution in [1.82, 2.24) is 21.3 Å². The molecule has 0 unspecified atom stereocenters. The van der Waals surface area contributed by atoms with Crippen LogP contribution in [0.5, 0.6) is 0 Å². The number of carbonyl (C=O) groups excluding carboxylic acids is 5. The van der Waals surface area contributed by atoms with E-state index in [1.807, 2.05) is 0 Å². The fourth-order valence-corrected chi connectivity index (χ4v) is 3.69. The second-order valence-corrected chi connectivity index (χ2v) is 10.6. The number of nitrogens with two attached hydrogens (primary N) is 1. The van der Waals surface area contributed by atoms with Crippen LogP contribution >= 0.6 is 11.6 Å². The first kappa shape index (κ1) is 34.3. The van der Waals surface area contributed by atoms with Gasteiger partial charge in [0.05, 0.1) is 0 Å². The van der Waals surface area contributed by atoms with Gasteiger partial charge in [0.1, 0.15) is 24.3 Å². The lowest BCUT2D eigenvalue weighted by Crippen LogP contribution is -2.55. The van der Waals surface area contributed by atoms with Crippen molar-refractivity contribution >= 4 is 47.3 Å². The predicted molar refractivity (Wildman–Crippen MR) is 151 cm³/mol. The number of anilines is 1. The molecule has 0 radical (unpaired) electrons. The SMILES string of the molecule is CNC(=O)OCc1cc(NC(=O)[C@@H](CCCNC(N)=O)NC(=O)[C@H](NC(=O)OC(C)(C)C)C(C)C)ccc1CCl. The van der Waals surface area contributed by atoms with E-state index in [1.54, 1.807) is 52.8 Å². The fraction of sp³-hybridized carbons (Fsp3) is 0.577. The maximum atomic E-state index is 13.3. The molecular weight excluding hydrogens is 544 g/mol. The Kier molecular flexibility index (Phi) is 14.0. The third-order valence-corrected chi connectivity index (χ3v) is 5.69. The van der Waals surface area contributed by atoms with Crippen molar-refractivity contribution in [3.8, 4) is 0 Å². The third kappa shape index (κ3) is 12.9. The molecule has 6 amide bonds. The molecule has 0 spiro atoms. The molecule has 0 saturated carbocycles. The Morgan fingerprint density at radius 2 is 1.68 bits per heavy atom. The number of alkyl halides is 1. The van der Waals surface area contributed by atoms with Crippen molar-refractivity contribution in [1.29, 1.82) is 0 Å². The van der Waals surface area contributed by atoms with Gasteiger partial charge in [-0.3, -0.25) is 9.59 Å². The number of nitrogens with one attached hydrogen (secondary N) is 5. The Labute approximate surface area is 239 Å². The van der Waals surface area contributed by atoms with Gasteiger partial charge in [0, 0.05) is 25.2 Å². The molecule has 224 valence electrons. The van der Waals surface area contributed by atoms with Crippen molar-refractivity contribution in [2.45, 2.75) is 77.6 Å². The number of carbonyl (C=O) groups is 5. The van der Waals surface area contributed by atoms with E-state index in [2.05, 4.69) is 26.6 Å². The van der Waals surface area contributed by atoms with E-state index < -0.39 is 47.7 Å². The lowest BCUT2D eigenvalue weighted by atomic mass is 10.0. The van der Waals surface area contributed by atoms with Crippen LogP contribution in [0.3, 0.4) is 0 Å². The van der Waals surface area contributed by atoms with E-state index in [-0.39, 0.29) is 31.4 Å². The molecule has 2 atom stereocenters. The van der Waals surface area contributed by atoms with Gasteiger partial charge < -0.3 is 41.8 Å². The van der Waals surface area contributed by atoms with Crippen molar-refractivity contribution < 1.29 is 33.4 Å². The maximum absolute atomic E-state index is 13.3. The van der Waals surface area contributed by atoms with Gasteiger partial charge in [0.2, 0.25) is 11.8 Å². The van der Waals surface area contributed by atoms with Crippen LogP contribution < -0.4 is 32.3 Å². The Morgan fingerprint density at radius 1 is 1.00 bits per heavy atom. The third-order valence-electron chi connectivity index (χ3n) is 5.40. The zero-order valence-electron chi connectivity index (χ0n) is 23.8. The van der Waals surface area contributed by atoms with Crippen molar-refractivity contribution in [3.05, 3.63) is 29.3 Å². The van der Waals surface area contributed by atoms with Crippen LogP contribution in [0, 0.1) is 5.92 Å². The molecule has 0 aliphatic carbocycles. The number of rotatable bonds is 13. The highest BCUT2D eigenvalue weighted by Crippen LogP contribution is 2.20. The minimum Gasteiger partial charge on any atom is -0.445 e. The molecule has 0 aliphatic rings. The number of halogens is 1. The summed E-state index contributed by atoms with van der Waals surface area (Å²) in [4.78, 5) is 61.3. The summed E-state index contributed by atoms with van der Waals surface area (Å²) in [6.45, 7) is 8.71. The van der Waals surface area contributed by atoms with Crippen LogP contribution in [0.25, 0.3) is 0 Å². The second kappa shape index (κ2) is 16.4. The van der Waals surface area contributed by atoms with Gasteiger partial charge in [-0.15, -0.1) is 11.6 Å². The number of amides is 6. The number of hydrogen-bond donors (Lipinski definition) is 6. The van der Waals surface area contributed by atoms with Crippen LogP contribution in [0.15, 0.2) is 18.2 Å². The molecule has 40 heavy (non-hydrogen) atoms. The molecule has 0 aromatic heterocycles. The first-order valence-electron chi connectivity index (χ1n) is 12.8. The van der Waals surface area contributed by atoms with E-state index in [0.29, 0.717) is 23.2 Å². The zero-order chi connectivity index (χ0) is 30.5. The highest BCUT2D eigenvalue weighted by molar-refractivity contribution is 6.17. The van der Waals surface area contributed by atoms with E-state index in [0.717, 1.165) is 0 Å². The van der Waals surface area contributed by atoms with Gasteiger partial charge in [-0.05, 0) is 62.8 Å². The van der Waals surface area contributed by atoms with Crippen LogP contribution in [-0.2, 0) is 31.5 Å². The molecule has 1 aromatic carbocycles. The molecule has 0 heterocycles. The van der Waals surface area contributed by atoms with Gasteiger partial charge in [0.25, 0.3) is 0 Å². The topological polar surface area (TPSA) is 190 Å². The summed E-state index contributed by atoms with van der Waals surface area (Å²) in [5.41, 5.74) is 6.03. The summed E-state index contributed by atoms with van der Waals surface area (Å²) in [7, 11) is 1.43. The van der Waals surface area contributed by atoms with E-state index in [9.17, 15) is 24.0 Å². The molecule has 14 heteroatoms. The molecule has 1 rings (SSSR count). The smallest absolute Gasteiger partial charge is 0.408 e. The van der Waals surface area contributed by atoms with Crippen molar-refractivity contribution in [2.24, 2.45) is 11.7 Å². The monoisotopic (exact) mass is 584 g/mol. The van der Waals surface area contributed by atoms with E-state index in [1.165, 1.54) is 7.05 Å². The van der Waals surface area contributed by atoms with Crippen molar-refractivity contribution in [3.63, 3.8) is 0 Å². The number of hydrogen-bond acceptors (Lipinski definition) is 7. The van der Waals surface area contributed by atoms with Crippen LogP contribution in [0.1, 0.15) is 58.6 Å². The average Bonchev–Trinajstić information content (AvgIpc) is 2.86. The van der Waals surface area contributed by atoms with E-state index >= 15 is 0 Å². The quantitative estimate of drug-likeness (QED) is 0.152. The molecular formula is C26H41ClN6O7. The fourth-order valence-electron chi connectivity index (χ4n) is 3.43. The number of ether oxygens (including phenoxy) is 2. The minimum atomic E-state index is -1.03. The van der Waals surface area contributed by atoms with E-state index in [4.69, 9.17) is 26.8 Å². The Balaban J connectivity index is 3.09. The summed E-state index contributed by atoms with van der Waals surface area (Å²) in [5.74, 6) is -1.28. The molecule has 0 aliphatic heterocycles. The molecule has 0 bridgehead atoms. The summed E-state index contributed by atoms with van der Waals surface area (Å²) in [6, 6.07) is 2.22. The summed E-state index contributed by atoms with van der Waals surface area (Å²) in [5, 5.41) is 12.8. The van der Waals surface area contributed by atoms with Gasteiger partial charge >= 0.3 is 18.2 Å². The molecule has 7 N–H and O–H groups in total. The molecule has 13 nitrogen and oxygen atoms in total. The summed E-state index contributed by atoms with van der Waals surface area (Å²) in [6.07, 6.45) is -0.911.